The van der Waals surface area contributed by atoms with Gasteiger partial charge in [-0.15, -0.1) is 12.4 Å². The van der Waals surface area contributed by atoms with Gasteiger partial charge in [0.15, 0.2) is 0 Å². The van der Waals surface area contributed by atoms with Crippen molar-refractivity contribution in [2.24, 2.45) is 0 Å². The molecule has 0 saturated carbocycles. The second kappa shape index (κ2) is 7.78. The fourth-order valence-corrected chi connectivity index (χ4v) is 4.81. The van der Waals surface area contributed by atoms with E-state index in [9.17, 15) is 12.8 Å². The fraction of sp³-hybridized carbons (Fsp3) is 0.353. The lowest BCUT2D eigenvalue weighted by Crippen LogP contribution is -2.48. The van der Waals surface area contributed by atoms with Gasteiger partial charge in [0, 0.05) is 32.0 Å². The zero-order valence-electron chi connectivity index (χ0n) is 14.1. The highest BCUT2D eigenvalue weighted by molar-refractivity contribution is 7.89. The van der Waals surface area contributed by atoms with E-state index in [0.29, 0.717) is 30.8 Å². The summed E-state index contributed by atoms with van der Waals surface area (Å²) >= 11 is 0. The summed E-state index contributed by atoms with van der Waals surface area (Å²) in [6, 6.07) is 6.14. The molecule has 1 fully saturated rings. The number of nitrogens with one attached hydrogen (secondary N) is 1. The van der Waals surface area contributed by atoms with E-state index in [2.05, 4.69) is 10.3 Å². The van der Waals surface area contributed by atoms with Crippen molar-refractivity contribution in [2.45, 2.75) is 24.8 Å². The van der Waals surface area contributed by atoms with Gasteiger partial charge in [0.2, 0.25) is 10.0 Å². The average Bonchev–Trinajstić information content (AvgIpc) is 2.60. The Bertz CT molecular complexity index is 823. The minimum atomic E-state index is -3.72. The maximum absolute atomic E-state index is 13.9. The van der Waals surface area contributed by atoms with E-state index < -0.39 is 10.0 Å². The summed E-state index contributed by atoms with van der Waals surface area (Å²) in [4.78, 5) is 4.22. The number of hydrogen-bond donors (Lipinski definition) is 1. The van der Waals surface area contributed by atoms with Gasteiger partial charge in [0.25, 0.3) is 0 Å². The Morgan fingerprint density at radius 2 is 1.96 bits per heavy atom. The highest BCUT2D eigenvalue weighted by Gasteiger charge is 2.35. The second-order valence-corrected chi connectivity index (χ2v) is 7.88. The molecule has 0 aliphatic carbocycles. The number of benzene rings is 1. The molecule has 25 heavy (non-hydrogen) atoms. The highest BCUT2D eigenvalue weighted by Crippen LogP contribution is 2.30. The van der Waals surface area contributed by atoms with E-state index in [0.717, 1.165) is 5.56 Å². The molecule has 1 N–H and O–H groups in total. The van der Waals surface area contributed by atoms with Crippen molar-refractivity contribution in [2.75, 3.05) is 19.6 Å². The number of sulfonamides is 1. The first-order chi connectivity index (χ1) is 11.4. The van der Waals surface area contributed by atoms with Crippen LogP contribution in [0.15, 0.2) is 41.6 Å². The molecule has 1 atom stereocenters. The van der Waals surface area contributed by atoms with Crippen LogP contribution in [0.1, 0.15) is 22.7 Å². The van der Waals surface area contributed by atoms with Gasteiger partial charge in [0.1, 0.15) is 5.82 Å². The van der Waals surface area contributed by atoms with Crippen LogP contribution in [0.3, 0.4) is 0 Å². The molecule has 136 valence electrons. The third-order valence-corrected chi connectivity index (χ3v) is 6.17. The van der Waals surface area contributed by atoms with Crippen LogP contribution >= 0.6 is 12.4 Å². The number of halogens is 2. The summed E-state index contributed by atoms with van der Waals surface area (Å²) < 4.78 is 41.6. The van der Waals surface area contributed by atoms with Gasteiger partial charge in [-0.2, -0.15) is 4.31 Å². The first kappa shape index (κ1) is 19.8. The molecule has 0 radical (unpaired) electrons. The Labute approximate surface area is 153 Å². The summed E-state index contributed by atoms with van der Waals surface area (Å²) in [5.41, 5.74) is 1.51. The molecule has 1 aliphatic rings. The molecule has 2 aromatic rings. The molecule has 0 bridgehead atoms. The van der Waals surface area contributed by atoms with Gasteiger partial charge in [-0.3, -0.25) is 4.98 Å². The van der Waals surface area contributed by atoms with Crippen LogP contribution in [0.5, 0.6) is 0 Å². The third kappa shape index (κ3) is 3.84. The number of piperazine rings is 1. The molecule has 3 rings (SSSR count). The summed E-state index contributed by atoms with van der Waals surface area (Å²) in [6.45, 7) is 4.62. The molecule has 0 spiro atoms. The largest absolute Gasteiger partial charge is 0.313 e. The number of hydrogen-bond acceptors (Lipinski definition) is 4. The maximum atomic E-state index is 13.9. The number of pyridine rings is 1. The first-order valence-corrected chi connectivity index (χ1v) is 9.24. The standard InChI is InChI=1S/C17H20FN3O2S.ClH/c1-12-8-15(9-13(2)17(12)18)24(22,23)21-7-6-20-11-16(21)14-4-3-5-19-10-14;/h3-5,8-10,16,20H,6-7,11H2,1-2H3;1H. The predicted molar refractivity (Wildman–Crippen MR) is 96.9 cm³/mol. The Kier molecular flexibility index (Phi) is 6.16. The zero-order valence-corrected chi connectivity index (χ0v) is 15.7. The maximum Gasteiger partial charge on any atom is 0.243 e. The van der Waals surface area contributed by atoms with Gasteiger partial charge in [-0.1, -0.05) is 6.07 Å². The lowest BCUT2D eigenvalue weighted by atomic mass is 10.1. The van der Waals surface area contributed by atoms with Gasteiger partial charge < -0.3 is 5.32 Å². The molecule has 2 heterocycles. The van der Waals surface area contributed by atoms with Gasteiger partial charge >= 0.3 is 0 Å². The van der Waals surface area contributed by atoms with E-state index in [4.69, 9.17) is 0 Å². The molecule has 1 saturated heterocycles. The van der Waals surface area contributed by atoms with Crippen LogP contribution in [0.25, 0.3) is 0 Å². The lowest BCUT2D eigenvalue weighted by Gasteiger charge is -2.35. The SMILES string of the molecule is Cc1cc(S(=O)(=O)N2CCNCC2c2cccnc2)cc(C)c1F.Cl. The minimum Gasteiger partial charge on any atom is -0.313 e. The van der Waals surface area contributed by atoms with E-state index in [1.807, 2.05) is 6.07 Å². The number of aromatic nitrogens is 1. The number of rotatable bonds is 3. The van der Waals surface area contributed by atoms with Crippen molar-refractivity contribution >= 4 is 22.4 Å². The van der Waals surface area contributed by atoms with Gasteiger partial charge in [0.05, 0.1) is 10.9 Å². The minimum absolute atomic E-state index is 0. The number of nitrogens with zero attached hydrogens (tertiary/aromatic N) is 2. The molecular formula is C17H21ClFN3O2S. The molecular weight excluding hydrogens is 365 g/mol. The predicted octanol–water partition coefficient (Wildman–Crippen LogP) is 2.59. The molecule has 1 aromatic carbocycles. The molecule has 8 heteroatoms. The molecule has 0 amide bonds. The Morgan fingerprint density at radius 1 is 1.28 bits per heavy atom. The van der Waals surface area contributed by atoms with E-state index in [1.54, 1.807) is 32.3 Å². The summed E-state index contributed by atoms with van der Waals surface area (Å²) in [5.74, 6) is -0.363. The summed E-state index contributed by atoms with van der Waals surface area (Å²) in [6.07, 6.45) is 3.34. The van der Waals surface area contributed by atoms with Crippen molar-refractivity contribution < 1.29 is 12.8 Å². The molecule has 1 unspecified atom stereocenters. The van der Waals surface area contributed by atoms with Crippen LogP contribution in [0.4, 0.5) is 4.39 Å². The van der Waals surface area contributed by atoms with Crippen LogP contribution in [-0.4, -0.2) is 37.3 Å². The van der Waals surface area contributed by atoms with Crippen LogP contribution in [0, 0.1) is 19.7 Å². The third-order valence-electron chi connectivity index (χ3n) is 4.28. The van der Waals surface area contributed by atoms with Gasteiger partial charge in [-0.25, -0.2) is 12.8 Å². The van der Waals surface area contributed by atoms with Crippen LogP contribution in [-0.2, 0) is 10.0 Å². The van der Waals surface area contributed by atoms with Gasteiger partial charge in [-0.05, 0) is 48.7 Å². The van der Waals surface area contributed by atoms with Crippen molar-refractivity contribution in [3.8, 4) is 0 Å². The molecule has 1 aliphatic heterocycles. The zero-order chi connectivity index (χ0) is 17.3. The van der Waals surface area contributed by atoms with Crippen molar-refractivity contribution in [1.82, 2.24) is 14.6 Å². The Balaban J connectivity index is 0.00000225. The molecule has 1 aromatic heterocycles. The second-order valence-electron chi connectivity index (χ2n) is 5.99. The normalized spacial score (nSPS) is 18.6. The molecule has 5 nitrogen and oxygen atoms in total. The van der Waals surface area contributed by atoms with E-state index in [1.165, 1.54) is 16.4 Å². The Hall–Kier alpha value is -1.54. The first-order valence-electron chi connectivity index (χ1n) is 7.80. The smallest absolute Gasteiger partial charge is 0.243 e. The quantitative estimate of drug-likeness (QED) is 0.882. The topological polar surface area (TPSA) is 62.3 Å². The number of aryl methyl sites for hydroxylation is 2. The van der Waals surface area contributed by atoms with E-state index in [-0.39, 0.29) is 29.2 Å². The van der Waals surface area contributed by atoms with Crippen molar-refractivity contribution in [3.05, 3.63) is 59.2 Å². The summed E-state index contributed by atoms with van der Waals surface area (Å²) in [7, 11) is -3.72. The average molecular weight is 386 g/mol. The Morgan fingerprint density at radius 3 is 2.56 bits per heavy atom. The lowest BCUT2D eigenvalue weighted by molar-refractivity contribution is 0.271. The van der Waals surface area contributed by atoms with Crippen molar-refractivity contribution in [3.63, 3.8) is 0 Å². The van der Waals surface area contributed by atoms with Crippen molar-refractivity contribution in [1.29, 1.82) is 0 Å². The van der Waals surface area contributed by atoms with E-state index >= 15 is 0 Å². The highest BCUT2D eigenvalue weighted by atomic mass is 35.5. The summed E-state index contributed by atoms with van der Waals surface area (Å²) in [5, 5.41) is 3.22. The monoisotopic (exact) mass is 385 g/mol. The van der Waals surface area contributed by atoms with Crippen LogP contribution in [0.2, 0.25) is 0 Å². The van der Waals surface area contributed by atoms with Crippen LogP contribution < -0.4 is 5.32 Å². The fourth-order valence-electron chi connectivity index (χ4n) is 3.02.